The van der Waals surface area contributed by atoms with Crippen LogP contribution in [0.3, 0.4) is 0 Å². The zero-order valence-electron chi connectivity index (χ0n) is 13.3. The molecule has 0 aliphatic rings. The van der Waals surface area contributed by atoms with Gasteiger partial charge in [-0.15, -0.1) is 0 Å². The molecule has 0 aliphatic heterocycles. The number of carboxylic acid groups (broad SMARTS) is 1. The molecule has 140 valence electrons. The Morgan fingerprint density at radius 1 is 1.20 bits per heavy atom. The van der Waals surface area contributed by atoms with E-state index >= 15 is 0 Å². The van der Waals surface area contributed by atoms with E-state index in [9.17, 15) is 14.7 Å². The van der Waals surface area contributed by atoms with Crippen molar-refractivity contribution in [3.8, 4) is 5.75 Å². The summed E-state index contributed by atoms with van der Waals surface area (Å²) in [6.07, 6.45) is -1.86. The molecule has 1 atom stereocenters. The maximum Gasteiger partial charge on any atom is 0.421 e. The zero-order valence-corrected chi connectivity index (χ0v) is 15.0. The SMILES string of the molecule is NCCSSCCOC(=O)NNC(O)c1ccc(OCC(=O)O)cc1. The zero-order chi connectivity index (χ0) is 18.5. The molecule has 9 nitrogen and oxygen atoms in total. The van der Waals surface area contributed by atoms with Crippen molar-refractivity contribution in [3.05, 3.63) is 29.8 Å². The first-order valence-corrected chi connectivity index (χ1v) is 9.77. The number of hydrogen-bond acceptors (Lipinski definition) is 9. The molecule has 0 saturated carbocycles. The molecule has 0 aliphatic carbocycles. The summed E-state index contributed by atoms with van der Waals surface area (Å²) in [6.45, 7) is 0.394. The molecule has 25 heavy (non-hydrogen) atoms. The normalized spacial score (nSPS) is 11.6. The number of carbonyl (C=O) groups excluding carboxylic acids is 1. The van der Waals surface area contributed by atoms with Crippen molar-refractivity contribution < 1.29 is 29.3 Å². The molecule has 1 aromatic rings. The van der Waals surface area contributed by atoms with Crippen LogP contribution in [0.25, 0.3) is 0 Å². The van der Waals surface area contributed by atoms with E-state index in [-0.39, 0.29) is 6.61 Å². The molecule has 11 heteroatoms. The Hall–Kier alpha value is -1.66. The topological polar surface area (TPSA) is 143 Å². The summed E-state index contributed by atoms with van der Waals surface area (Å²) in [7, 11) is 3.17. The van der Waals surface area contributed by atoms with Crippen LogP contribution in [0.15, 0.2) is 24.3 Å². The fraction of sp³-hybridized carbons (Fsp3) is 0.429. The number of amides is 1. The molecule has 0 fully saturated rings. The predicted octanol–water partition coefficient (Wildman–Crippen LogP) is 0.712. The molecule has 1 amide bonds. The number of hydrazine groups is 1. The van der Waals surface area contributed by atoms with Crippen LogP contribution in [0.1, 0.15) is 11.8 Å². The Balaban J connectivity index is 2.23. The van der Waals surface area contributed by atoms with Gasteiger partial charge in [0, 0.05) is 18.1 Å². The van der Waals surface area contributed by atoms with Gasteiger partial charge in [-0.05, 0) is 17.7 Å². The predicted molar refractivity (Wildman–Crippen MR) is 96.1 cm³/mol. The number of aliphatic hydroxyl groups excluding tert-OH is 1. The maximum atomic E-state index is 11.5. The second kappa shape index (κ2) is 12.7. The fourth-order valence-corrected chi connectivity index (χ4v) is 3.16. The summed E-state index contributed by atoms with van der Waals surface area (Å²) >= 11 is 0. The number of aliphatic carboxylic acids is 1. The quantitative estimate of drug-likeness (QED) is 0.150. The van der Waals surface area contributed by atoms with Gasteiger partial charge in [-0.1, -0.05) is 33.7 Å². The second-order valence-corrected chi connectivity index (χ2v) is 7.19. The molecule has 0 radical (unpaired) electrons. The summed E-state index contributed by atoms with van der Waals surface area (Å²) in [6, 6.07) is 6.09. The molecule has 0 spiro atoms. The number of nitrogens with one attached hydrogen (secondary N) is 2. The summed E-state index contributed by atoms with van der Waals surface area (Å²) in [5.41, 5.74) is 10.4. The second-order valence-electron chi connectivity index (χ2n) is 4.49. The summed E-state index contributed by atoms with van der Waals surface area (Å²) < 4.78 is 9.90. The van der Waals surface area contributed by atoms with Crippen LogP contribution >= 0.6 is 21.6 Å². The number of rotatable bonds is 12. The average molecular weight is 391 g/mol. The fourth-order valence-electron chi connectivity index (χ4n) is 1.47. The standard InChI is InChI=1S/C14H21N3O6S2/c15-5-7-24-25-8-6-22-14(21)17-16-13(20)10-1-3-11(4-2-10)23-9-12(18)19/h1-4,13,16,20H,5-9,15H2,(H,17,21)(H,18,19). The van der Waals surface area contributed by atoms with Crippen LogP contribution < -0.4 is 21.3 Å². The summed E-state index contributed by atoms with van der Waals surface area (Å²) in [5, 5.41) is 18.4. The molecule has 1 rings (SSSR count). The Bertz CT molecular complexity index is 532. The van der Waals surface area contributed by atoms with Gasteiger partial charge in [-0.3, -0.25) is 5.43 Å². The van der Waals surface area contributed by atoms with E-state index in [4.69, 9.17) is 20.3 Å². The van der Waals surface area contributed by atoms with Gasteiger partial charge in [-0.25, -0.2) is 9.59 Å². The third-order valence-corrected chi connectivity index (χ3v) is 4.96. The molecule has 6 N–H and O–H groups in total. The first-order chi connectivity index (χ1) is 12.0. The lowest BCUT2D eigenvalue weighted by Gasteiger charge is -2.14. The van der Waals surface area contributed by atoms with Gasteiger partial charge < -0.3 is 25.4 Å². The van der Waals surface area contributed by atoms with E-state index in [0.717, 1.165) is 5.75 Å². The lowest BCUT2D eigenvalue weighted by atomic mass is 10.2. The van der Waals surface area contributed by atoms with Crippen molar-refractivity contribution in [1.82, 2.24) is 10.9 Å². The Labute approximate surface area is 153 Å². The van der Waals surface area contributed by atoms with Crippen molar-refractivity contribution in [2.24, 2.45) is 5.73 Å². The molecule has 0 heterocycles. The van der Waals surface area contributed by atoms with Crippen LogP contribution in [0, 0.1) is 0 Å². The number of aliphatic hydroxyl groups is 1. The number of hydrogen-bond donors (Lipinski definition) is 5. The first kappa shape index (κ1) is 21.4. The number of benzene rings is 1. The molecular weight excluding hydrogens is 370 g/mol. The van der Waals surface area contributed by atoms with Crippen molar-refractivity contribution in [1.29, 1.82) is 0 Å². The Morgan fingerprint density at radius 3 is 2.52 bits per heavy atom. The molecule has 0 aromatic heterocycles. The third kappa shape index (κ3) is 10.0. The van der Waals surface area contributed by atoms with Crippen LogP contribution in [0.5, 0.6) is 5.75 Å². The van der Waals surface area contributed by atoms with Crippen LogP contribution in [0.2, 0.25) is 0 Å². The highest BCUT2D eigenvalue weighted by molar-refractivity contribution is 8.76. The van der Waals surface area contributed by atoms with Gasteiger partial charge >= 0.3 is 12.1 Å². The molecule has 1 unspecified atom stereocenters. The van der Waals surface area contributed by atoms with Crippen LogP contribution in [-0.2, 0) is 9.53 Å². The minimum atomic E-state index is -1.16. The van der Waals surface area contributed by atoms with Gasteiger partial charge in [-0.2, -0.15) is 5.43 Å². The maximum absolute atomic E-state index is 11.5. The number of nitrogens with two attached hydrogens (primary N) is 1. The smallest absolute Gasteiger partial charge is 0.421 e. The lowest BCUT2D eigenvalue weighted by Crippen LogP contribution is -2.40. The van der Waals surface area contributed by atoms with E-state index in [1.165, 1.54) is 24.3 Å². The number of carbonyl (C=O) groups is 2. The molecule has 0 saturated heterocycles. The van der Waals surface area contributed by atoms with E-state index in [0.29, 0.717) is 23.6 Å². The molecule has 0 bridgehead atoms. The minimum absolute atomic E-state index is 0.238. The Kier molecular flexibility index (Phi) is 10.8. The van der Waals surface area contributed by atoms with Gasteiger partial charge in [0.25, 0.3) is 0 Å². The van der Waals surface area contributed by atoms with E-state index in [2.05, 4.69) is 10.9 Å². The molecule has 1 aromatic carbocycles. The average Bonchev–Trinajstić information content (AvgIpc) is 2.61. The summed E-state index contributed by atoms with van der Waals surface area (Å²) in [4.78, 5) is 21.9. The highest BCUT2D eigenvalue weighted by atomic mass is 33.1. The highest BCUT2D eigenvalue weighted by Gasteiger charge is 2.09. The Morgan fingerprint density at radius 2 is 1.88 bits per heavy atom. The number of carboxylic acids is 1. The highest BCUT2D eigenvalue weighted by Crippen LogP contribution is 2.19. The third-order valence-electron chi connectivity index (χ3n) is 2.55. The van der Waals surface area contributed by atoms with E-state index in [1.54, 1.807) is 21.6 Å². The minimum Gasteiger partial charge on any atom is -0.482 e. The van der Waals surface area contributed by atoms with Crippen molar-refractivity contribution >= 4 is 33.7 Å². The van der Waals surface area contributed by atoms with E-state index < -0.39 is 24.9 Å². The van der Waals surface area contributed by atoms with Gasteiger partial charge in [0.15, 0.2) is 6.61 Å². The van der Waals surface area contributed by atoms with Crippen molar-refractivity contribution in [2.75, 3.05) is 31.3 Å². The van der Waals surface area contributed by atoms with Gasteiger partial charge in [0.1, 0.15) is 18.6 Å². The largest absolute Gasteiger partial charge is 0.482 e. The summed E-state index contributed by atoms with van der Waals surface area (Å²) in [5.74, 6) is 0.754. The monoisotopic (exact) mass is 391 g/mol. The van der Waals surface area contributed by atoms with Crippen LogP contribution in [-0.4, -0.2) is 53.5 Å². The van der Waals surface area contributed by atoms with Crippen LogP contribution in [0.4, 0.5) is 4.79 Å². The molecular formula is C14H21N3O6S2. The van der Waals surface area contributed by atoms with E-state index in [1.807, 2.05) is 0 Å². The number of ether oxygens (including phenoxy) is 2. The van der Waals surface area contributed by atoms with Gasteiger partial charge in [0.2, 0.25) is 0 Å². The van der Waals surface area contributed by atoms with Crippen molar-refractivity contribution in [3.63, 3.8) is 0 Å². The van der Waals surface area contributed by atoms with Gasteiger partial charge in [0.05, 0.1) is 0 Å². The lowest BCUT2D eigenvalue weighted by molar-refractivity contribution is -0.139. The van der Waals surface area contributed by atoms with Crippen molar-refractivity contribution in [2.45, 2.75) is 6.23 Å². The first-order valence-electron chi connectivity index (χ1n) is 7.28.